The maximum absolute atomic E-state index is 3.50. The summed E-state index contributed by atoms with van der Waals surface area (Å²) >= 11 is 0. The molecule has 2 rings (SSSR count). The Labute approximate surface area is 135 Å². The lowest BCUT2D eigenvalue weighted by Crippen LogP contribution is -2.32. The van der Waals surface area contributed by atoms with Gasteiger partial charge in [-0.25, -0.2) is 0 Å². The second-order valence-corrected chi connectivity index (χ2v) is 6.37. The topological polar surface area (TPSA) is 24.1 Å². The first-order valence-electron chi connectivity index (χ1n) is 7.95. The molecule has 2 aromatic rings. The number of hydrogen-bond acceptors (Lipinski definition) is 2. The summed E-state index contributed by atoms with van der Waals surface area (Å²) < 4.78 is 0. The molecule has 0 radical (unpaired) electrons. The lowest BCUT2D eigenvalue weighted by molar-refractivity contribution is 0.431. The minimum atomic E-state index is 0.241. The third-order valence-electron chi connectivity index (χ3n) is 4.16. The molecule has 0 unspecified atom stereocenters. The van der Waals surface area contributed by atoms with Crippen LogP contribution in [0.15, 0.2) is 36.4 Å². The summed E-state index contributed by atoms with van der Waals surface area (Å²) in [6.07, 6.45) is 0. The lowest BCUT2D eigenvalue weighted by Gasteiger charge is -2.28. The van der Waals surface area contributed by atoms with E-state index in [1.165, 1.54) is 33.4 Å². The third kappa shape index (κ3) is 3.76. The summed E-state index contributed by atoms with van der Waals surface area (Å²) in [7, 11) is 4.07. The van der Waals surface area contributed by atoms with Crippen molar-refractivity contribution >= 4 is 0 Å². The Morgan fingerprint density at radius 1 is 0.545 bits per heavy atom. The van der Waals surface area contributed by atoms with Crippen molar-refractivity contribution in [3.63, 3.8) is 0 Å². The minimum absolute atomic E-state index is 0.241. The highest BCUT2D eigenvalue weighted by Crippen LogP contribution is 2.30. The molecule has 2 aromatic carbocycles. The second kappa shape index (κ2) is 7.08. The zero-order valence-corrected chi connectivity index (χ0v) is 14.6. The van der Waals surface area contributed by atoms with E-state index in [9.17, 15) is 0 Å². The molecule has 2 nitrogen and oxygen atoms in total. The summed E-state index contributed by atoms with van der Waals surface area (Å²) in [5.74, 6) is 0. The second-order valence-electron chi connectivity index (χ2n) is 6.37. The zero-order chi connectivity index (χ0) is 16.3. The van der Waals surface area contributed by atoms with Gasteiger partial charge in [0, 0.05) is 0 Å². The molecule has 2 atom stereocenters. The largest absolute Gasteiger partial charge is 0.311 e. The first-order chi connectivity index (χ1) is 10.4. The molecule has 0 fully saturated rings. The molecule has 0 aromatic heterocycles. The molecule has 22 heavy (non-hydrogen) atoms. The standard InChI is InChI=1S/C20H28N2/c1-13-7-14(2)10-17(9-13)19(21-5)20(22-6)18-11-15(3)8-16(4)12-18/h7-12,19-22H,1-6H3/t19-,20-/m1/s1. The van der Waals surface area contributed by atoms with Crippen LogP contribution in [-0.4, -0.2) is 14.1 Å². The Morgan fingerprint density at radius 2 is 0.818 bits per heavy atom. The molecular formula is C20H28N2. The van der Waals surface area contributed by atoms with Gasteiger partial charge in [-0.15, -0.1) is 0 Å². The Hall–Kier alpha value is -1.64. The number of nitrogens with one attached hydrogen (secondary N) is 2. The van der Waals surface area contributed by atoms with Crippen molar-refractivity contribution in [2.75, 3.05) is 14.1 Å². The summed E-state index contributed by atoms with van der Waals surface area (Å²) in [4.78, 5) is 0. The SMILES string of the molecule is CN[C@H](c1cc(C)cc(C)c1)[C@H](NC)c1cc(C)cc(C)c1. The van der Waals surface area contributed by atoms with E-state index in [1.807, 2.05) is 14.1 Å². The van der Waals surface area contributed by atoms with Crippen molar-refractivity contribution in [2.24, 2.45) is 0 Å². The van der Waals surface area contributed by atoms with E-state index in [0.717, 1.165) is 0 Å². The van der Waals surface area contributed by atoms with Crippen molar-refractivity contribution in [2.45, 2.75) is 39.8 Å². The average molecular weight is 296 g/mol. The Bertz CT molecular complexity index is 548. The molecule has 0 aliphatic heterocycles. The molecule has 0 saturated heterocycles. The van der Waals surface area contributed by atoms with Crippen LogP contribution in [-0.2, 0) is 0 Å². The van der Waals surface area contributed by atoms with E-state index in [1.54, 1.807) is 0 Å². The van der Waals surface area contributed by atoms with Gasteiger partial charge in [0.25, 0.3) is 0 Å². The molecule has 0 bridgehead atoms. The fourth-order valence-corrected chi connectivity index (χ4v) is 3.43. The molecule has 0 spiro atoms. The molecule has 0 aliphatic carbocycles. The van der Waals surface area contributed by atoms with Crippen LogP contribution in [0.3, 0.4) is 0 Å². The van der Waals surface area contributed by atoms with Crippen molar-refractivity contribution in [3.8, 4) is 0 Å². The van der Waals surface area contributed by atoms with Crippen LogP contribution < -0.4 is 10.6 Å². The molecule has 0 amide bonds. The zero-order valence-electron chi connectivity index (χ0n) is 14.6. The fraction of sp³-hybridized carbons (Fsp3) is 0.400. The Balaban J connectivity index is 2.46. The van der Waals surface area contributed by atoms with Gasteiger partial charge in [0.05, 0.1) is 12.1 Å². The van der Waals surface area contributed by atoms with Gasteiger partial charge < -0.3 is 10.6 Å². The van der Waals surface area contributed by atoms with Crippen molar-refractivity contribution in [1.29, 1.82) is 0 Å². The molecule has 118 valence electrons. The van der Waals surface area contributed by atoms with E-state index in [4.69, 9.17) is 0 Å². The van der Waals surface area contributed by atoms with Crippen molar-refractivity contribution in [3.05, 3.63) is 69.8 Å². The minimum Gasteiger partial charge on any atom is -0.311 e. The van der Waals surface area contributed by atoms with Gasteiger partial charge >= 0.3 is 0 Å². The summed E-state index contributed by atoms with van der Waals surface area (Å²) in [5, 5.41) is 7.00. The van der Waals surface area contributed by atoms with Gasteiger partial charge in [0.1, 0.15) is 0 Å². The van der Waals surface area contributed by atoms with Crippen LogP contribution in [0, 0.1) is 27.7 Å². The van der Waals surface area contributed by atoms with Gasteiger partial charge in [-0.1, -0.05) is 58.7 Å². The summed E-state index contributed by atoms with van der Waals surface area (Å²) in [5.41, 5.74) is 7.91. The van der Waals surface area contributed by atoms with Gasteiger partial charge in [0.15, 0.2) is 0 Å². The Kier molecular flexibility index (Phi) is 5.38. The number of benzene rings is 2. The van der Waals surface area contributed by atoms with Crippen molar-refractivity contribution < 1.29 is 0 Å². The van der Waals surface area contributed by atoms with E-state index >= 15 is 0 Å². The molecule has 2 heteroatoms. The van der Waals surface area contributed by atoms with Crippen molar-refractivity contribution in [1.82, 2.24) is 10.6 Å². The fourth-order valence-electron chi connectivity index (χ4n) is 3.43. The number of aryl methyl sites for hydroxylation is 4. The smallest absolute Gasteiger partial charge is 0.0515 e. The summed E-state index contributed by atoms with van der Waals surface area (Å²) in [6.45, 7) is 8.64. The van der Waals surface area contributed by atoms with E-state index in [-0.39, 0.29) is 12.1 Å². The number of rotatable bonds is 5. The average Bonchev–Trinajstić information content (AvgIpc) is 2.42. The van der Waals surface area contributed by atoms with Crippen LogP contribution in [0.5, 0.6) is 0 Å². The van der Waals surface area contributed by atoms with Crippen LogP contribution in [0.4, 0.5) is 0 Å². The Morgan fingerprint density at radius 3 is 1.05 bits per heavy atom. The molecule has 0 heterocycles. The predicted molar refractivity (Wildman–Crippen MR) is 95.4 cm³/mol. The van der Waals surface area contributed by atoms with Gasteiger partial charge in [0.2, 0.25) is 0 Å². The third-order valence-corrected chi connectivity index (χ3v) is 4.16. The van der Waals surface area contributed by atoms with E-state index in [0.29, 0.717) is 0 Å². The first-order valence-corrected chi connectivity index (χ1v) is 7.95. The predicted octanol–water partition coefficient (Wildman–Crippen LogP) is 4.14. The van der Waals surface area contributed by atoms with Gasteiger partial charge in [-0.3, -0.25) is 0 Å². The molecule has 0 aliphatic rings. The molecular weight excluding hydrogens is 268 g/mol. The maximum atomic E-state index is 3.50. The highest BCUT2D eigenvalue weighted by atomic mass is 15.0. The molecule has 2 N–H and O–H groups in total. The lowest BCUT2D eigenvalue weighted by atomic mass is 9.90. The van der Waals surface area contributed by atoms with Crippen LogP contribution in [0.2, 0.25) is 0 Å². The van der Waals surface area contributed by atoms with E-state index < -0.39 is 0 Å². The quantitative estimate of drug-likeness (QED) is 0.866. The first kappa shape index (κ1) is 16.7. The van der Waals surface area contributed by atoms with Crippen LogP contribution in [0.1, 0.15) is 45.5 Å². The highest BCUT2D eigenvalue weighted by Gasteiger charge is 2.22. The monoisotopic (exact) mass is 296 g/mol. The number of hydrogen-bond donors (Lipinski definition) is 2. The van der Waals surface area contributed by atoms with Gasteiger partial charge in [-0.2, -0.15) is 0 Å². The van der Waals surface area contributed by atoms with E-state index in [2.05, 4.69) is 74.7 Å². The summed E-state index contributed by atoms with van der Waals surface area (Å²) in [6, 6.07) is 14.0. The van der Waals surface area contributed by atoms with Crippen LogP contribution >= 0.6 is 0 Å². The molecule has 0 saturated carbocycles. The highest BCUT2D eigenvalue weighted by molar-refractivity contribution is 5.36. The van der Waals surface area contributed by atoms with Gasteiger partial charge in [-0.05, 0) is 52.9 Å². The maximum Gasteiger partial charge on any atom is 0.0515 e. The number of likely N-dealkylation sites (N-methyl/N-ethyl adjacent to an activating group) is 2. The van der Waals surface area contributed by atoms with Crippen LogP contribution in [0.25, 0.3) is 0 Å². The normalized spacial score (nSPS) is 13.9.